The molecule has 1 unspecified atom stereocenters. The SMILES string of the molecule is COc1ccc(C(F)F)c(C(C)N)c1. The van der Waals surface area contributed by atoms with E-state index in [9.17, 15) is 8.78 Å². The highest BCUT2D eigenvalue weighted by atomic mass is 19.3. The monoisotopic (exact) mass is 201 g/mol. The molecule has 2 N–H and O–H groups in total. The third kappa shape index (κ3) is 2.20. The van der Waals surface area contributed by atoms with Gasteiger partial charge in [0.15, 0.2) is 0 Å². The lowest BCUT2D eigenvalue weighted by molar-refractivity contribution is 0.149. The van der Waals surface area contributed by atoms with Gasteiger partial charge in [0.25, 0.3) is 6.43 Å². The number of ether oxygens (including phenoxy) is 1. The summed E-state index contributed by atoms with van der Waals surface area (Å²) >= 11 is 0. The fourth-order valence-electron chi connectivity index (χ4n) is 1.27. The van der Waals surface area contributed by atoms with Crippen LogP contribution in [0.15, 0.2) is 18.2 Å². The smallest absolute Gasteiger partial charge is 0.264 e. The minimum Gasteiger partial charge on any atom is -0.497 e. The Bertz CT molecular complexity index is 313. The zero-order chi connectivity index (χ0) is 10.7. The zero-order valence-corrected chi connectivity index (χ0v) is 8.13. The van der Waals surface area contributed by atoms with Gasteiger partial charge in [-0.15, -0.1) is 0 Å². The number of hydrogen-bond acceptors (Lipinski definition) is 2. The largest absolute Gasteiger partial charge is 0.497 e. The van der Waals surface area contributed by atoms with Crippen LogP contribution >= 0.6 is 0 Å². The van der Waals surface area contributed by atoms with E-state index >= 15 is 0 Å². The molecule has 0 aliphatic carbocycles. The third-order valence-electron chi connectivity index (χ3n) is 2.02. The van der Waals surface area contributed by atoms with E-state index in [4.69, 9.17) is 10.5 Å². The lowest BCUT2D eigenvalue weighted by atomic mass is 10.0. The summed E-state index contributed by atoms with van der Waals surface area (Å²) in [6.45, 7) is 1.67. The van der Waals surface area contributed by atoms with Gasteiger partial charge in [0.2, 0.25) is 0 Å². The van der Waals surface area contributed by atoms with Crippen LogP contribution in [0.1, 0.15) is 30.5 Å². The molecule has 4 heteroatoms. The van der Waals surface area contributed by atoms with Crippen molar-refractivity contribution in [3.63, 3.8) is 0 Å². The van der Waals surface area contributed by atoms with Crippen molar-refractivity contribution < 1.29 is 13.5 Å². The van der Waals surface area contributed by atoms with Gasteiger partial charge in [0.1, 0.15) is 5.75 Å². The molecule has 0 amide bonds. The number of alkyl halides is 2. The molecule has 0 fully saturated rings. The Hall–Kier alpha value is -1.16. The highest BCUT2D eigenvalue weighted by Crippen LogP contribution is 2.29. The molecule has 0 saturated carbocycles. The lowest BCUT2D eigenvalue weighted by Crippen LogP contribution is -2.08. The third-order valence-corrected chi connectivity index (χ3v) is 2.02. The van der Waals surface area contributed by atoms with Crippen LogP contribution in [0.2, 0.25) is 0 Å². The summed E-state index contributed by atoms with van der Waals surface area (Å²) < 4.78 is 30.0. The Balaban J connectivity index is 3.17. The van der Waals surface area contributed by atoms with Gasteiger partial charge in [-0.25, -0.2) is 8.78 Å². The van der Waals surface area contributed by atoms with Crippen LogP contribution in [0.3, 0.4) is 0 Å². The predicted octanol–water partition coefficient (Wildman–Crippen LogP) is 2.65. The normalized spacial score (nSPS) is 13.0. The van der Waals surface area contributed by atoms with Gasteiger partial charge in [0.05, 0.1) is 7.11 Å². The van der Waals surface area contributed by atoms with Crippen LogP contribution < -0.4 is 10.5 Å². The van der Waals surface area contributed by atoms with E-state index in [1.165, 1.54) is 19.2 Å². The Morgan fingerprint density at radius 3 is 2.36 bits per heavy atom. The lowest BCUT2D eigenvalue weighted by Gasteiger charge is -2.13. The Labute approximate surface area is 81.7 Å². The molecule has 78 valence electrons. The van der Waals surface area contributed by atoms with E-state index < -0.39 is 12.5 Å². The van der Waals surface area contributed by atoms with Crippen LogP contribution in [-0.4, -0.2) is 7.11 Å². The molecule has 14 heavy (non-hydrogen) atoms. The van der Waals surface area contributed by atoms with Crippen molar-refractivity contribution in [2.24, 2.45) is 5.73 Å². The van der Waals surface area contributed by atoms with E-state index in [2.05, 4.69) is 0 Å². The predicted molar refractivity (Wildman–Crippen MR) is 50.6 cm³/mol. The van der Waals surface area contributed by atoms with Gasteiger partial charge in [-0.2, -0.15) is 0 Å². The van der Waals surface area contributed by atoms with Gasteiger partial charge in [-0.05, 0) is 30.7 Å². The van der Waals surface area contributed by atoms with Crippen LogP contribution in [0.5, 0.6) is 5.75 Å². The van der Waals surface area contributed by atoms with Gasteiger partial charge in [0, 0.05) is 11.6 Å². The first-order chi connectivity index (χ1) is 6.56. The Morgan fingerprint density at radius 2 is 1.93 bits per heavy atom. The average Bonchev–Trinajstić information content (AvgIpc) is 2.16. The molecule has 0 spiro atoms. The molecule has 0 aromatic heterocycles. The van der Waals surface area contributed by atoms with E-state index in [0.717, 1.165) is 0 Å². The van der Waals surface area contributed by atoms with Crippen molar-refractivity contribution in [2.45, 2.75) is 19.4 Å². The second-order valence-electron chi connectivity index (χ2n) is 3.08. The molecule has 0 aliphatic heterocycles. The summed E-state index contributed by atoms with van der Waals surface area (Å²) in [6.07, 6.45) is -2.50. The van der Waals surface area contributed by atoms with E-state index in [-0.39, 0.29) is 5.56 Å². The Morgan fingerprint density at radius 1 is 1.29 bits per heavy atom. The fourth-order valence-corrected chi connectivity index (χ4v) is 1.27. The molecule has 0 saturated heterocycles. The number of methoxy groups -OCH3 is 1. The molecule has 0 bridgehead atoms. The van der Waals surface area contributed by atoms with Gasteiger partial charge >= 0.3 is 0 Å². The van der Waals surface area contributed by atoms with Gasteiger partial charge in [-0.1, -0.05) is 0 Å². The second kappa shape index (κ2) is 4.37. The summed E-state index contributed by atoms with van der Waals surface area (Å²) in [7, 11) is 1.49. The molecule has 1 atom stereocenters. The molecular formula is C10H13F2NO. The number of benzene rings is 1. The molecular weight excluding hydrogens is 188 g/mol. The first-order valence-corrected chi connectivity index (χ1v) is 4.27. The maximum absolute atomic E-state index is 12.5. The molecule has 0 heterocycles. The quantitative estimate of drug-likeness (QED) is 0.815. The first-order valence-electron chi connectivity index (χ1n) is 4.27. The standard InChI is InChI=1S/C10H13F2NO/c1-6(13)9-5-7(14-2)3-4-8(9)10(11)12/h3-6,10H,13H2,1-2H3. The van der Waals surface area contributed by atoms with E-state index in [1.54, 1.807) is 13.0 Å². The molecule has 1 aromatic carbocycles. The Kier molecular flexibility index (Phi) is 3.41. The van der Waals surface area contributed by atoms with Crippen LogP contribution in [0, 0.1) is 0 Å². The van der Waals surface area contributed by atoms with Gasteiger partial charge in [-0.3, -0.25) is 0 Å². The summed E-state index contributed by atoms with van der Waals surface area (Å²) in [5.74, 6) is 0.543. The fraction of sp³-hybridized carbons (Fsp3) is 0.400. The number of halogens is 2. The topological polar surface area (TPSA) is 35.2 Å². The van der Waals surface area contributed by atoms with Crippen LogP contribution in [0.25, 0.3) is 0 Å². The number of rotatable bonds is 3. The molecule has 1 rings (SSSR count). The first kappa shape index (κ1) is 10.9. The van der Waals surface area contributed by atoms with Crippen molar-refractivity contribution in [1.29, 1.82) is 0 Å². The zero-order valence-electron chi connectivity index (χ0n) is 8.13. The van der Waals surface area contributed by atoms with Crippen LogP contribution in [0.4, 0.5) is 8.78 Å². The summed E-state index contributed by atoms with van der Waals surface area (Å²) in [5.41, 5.74) is 5.99. The minimum atomic E-state index is -2.50. The number of nitrogens with two attached hydrogens (primary N) is 1. The molecule has 2 nitrogen and oxygen atoms in total. The van der Waals surface area contributed by atoms with Crippen molar-refractivity contribution in [3.05, 3.63) is 29.3 Å². The maximum Gasteiger partial charge on any atom is 0.264 e. The maximum atomic E-state index is 12.5. The average molecular weight is 201 g/mol. The minimum absolute atomic E-state index is 0.0270. The number of hydrogen-bond donors (Lipinski definition) is 1. The summed E-state index contributed by atoms with van der Waals surface area (Å²) in [6, 6.07) is 3.98. The van der Waals surface area contributed by atoms with Crippen molar-refractivity contribution in [2.75, 3.05) is 7.11 Å². The van der Waals surface area contributed by atoms with Crippen molar-refractivity contribution in [3.8, 4) is 5.75 Å². The molecule has 0 radical (unpaired) electrons. The van der Waals surface area contributed by atoms with Gasteiger partial charge < -0.3 is 10.5 Å². The second-order valence-corrected chi connectivity index (χ2v) is 3.08. The summed E-state index contributed by atoms with van der Waals surface area (Å²) in [4.78, 5) is 0. The van der Waals surface area contributed by atoms with Crippen molar-refractivity contribution in [1.82, 2.24) is 0 Å². The highest BCUT2D eigenvalue weighted by Gasteiger charge is 2.15. The van der Waals surface area contributed by atoms with E-state index in [1.807, 2.05) is 0 Å². The summed E-state index contributed by atoms with van der Waals surface area (Å²) in [5, 5.41) is 0. The van der Waals surface area contributed by atoms with E-state index in [0.29, 0.717) is 11.3 Å². The van der Waals surface area contributed by atoms with Crippen LogP contribution in [-0.2, 0) is 0 Å². The van der Waals surface area contributed by atoms with Crippen molar-refractivity contribution >= 4 is 0 Å². The molecule has 1 aromatic rings. The molecule has 0 aliphatic rings. The highest BCUT2D eigenvalue weighted by molar-refractivity contribution is 5.38.